The van der Waals surface area contributed by atoms with Gasteiger partial charge in [0, 0.05) is 6.42 Å². The molecule has 0 aliphatic rings. The third-order valence-corrected chi connectivity index (χ3v) is 10.3. The zero-order valence-corrected chi connectivity index (χ0v) is 32.2. The quantitative estimate of drug-likeness (QED) is 0.0455. The molecule has 4 heteroatoms. The third-order valence-electron chi connectivity index (χ3n) is 10.3. The lowest BCUT2D eigenvalue weighted by atomic mass is 10.00. The van der Waals surface area contributed by atoms with Gasteiger partial charge in [-0.2, -0.15) is 0 Å². The van der Waals surface area contributed by atoms with Crippen LogP contribution in [0.1, 0.15) is 233 Å². The Balaban J connectivity index is 3.49. The highest BCUT2D eigenvalue weighted by atomic mass is 16.3. The lowest BCUT2D eigenvalue weighted by molar-refractivity contribution is -0.123. The number of aliphatic hydroxyl groups is 2. The van der Waals surface area contributed by atoms with Crippen molar-refractivity contribution in [1.29, 1.82) is 0 Å². The van der Waals surface area contributed by atoms with Gasteiger partial charge in [-0.25, -0.2) is 0 Å². The fourth-order valence-electron chi connectivity index (χ4n) is 6.63. The minimum Gasteiger partial charge on any atom is -0.394 e. The van der Waals surface area contributed by atoms with Crippen LogP contribution in [0.2, 0.25) is 0 Å². The Kier molecular flexibility index (Phi) is 37.2. The van der Waals surface area contributed by atoms with E-state index >= 15 is 0 Å². The van der Waals surface area contributed by atoms with E-state index in [1.165, 1.54) is 180 Å². The maximum Gasteiger partial charge on any atom is 0.220 e. The van der Waals surface area contributed by atoms with Crippen molar-refractivity contribution in [2.24, 2.45) is 5.92 Å². The van der Waals surface area contributed by atoms with Gasteiger partial charge >= 0.3 is 0 Å². The number of carbonyl (C=O) groups is 1. The summed E-state index contributed by atoms with van der Waals surface area (Å²) in [4.78, 5) is 12.4. The molecule has 0 aromatic heterocycles. The Morgan fingerprint density at radius 2 is 0.957 bits per heavy atom. The fraction of sp³-hybridized carbons (Fsp3) is 0.930. The number of hydrogen-bond donors (Lipinski definition) is 3. The first-order valence-electron chi connectivity index (χ1n) is 21.3. The maximum absolute atomic E-state index is 12.4. The summed E-state index contributed by atoms with van der Waals surface area (Å²) < 4.78 is 0. The molecule has 0 aliphatic heterocycles. The molecule has 0 radical (unpaired) electrons. The SMILES string of the molecule is CCCCCCCCCCCCCCCCCCCCCCCCCC(=O)NC(CO)C(O)C=CCCCCCCCCC(C)CC. The lowest BCUT2D eigenvalue weighted by Crippen LogP contribution is -2.45. The summed E-state index contributed by atoms with van der Waals surface area (Å²) in [5, 5.41) is 22.9. The van der Waals surface area contributed by atoms with Gasteiger partial charge < -0.3 is 15.5 Å². The van der Waals surface area contributed by atoms with Crippen LogP contribution >= 0.6 is 0 Å². The molecule has 47 heavy (non-hydrogen) atoms. The van der Waals surface area contributed by atoms with E-state index < -0.39 is 12.1 Å². The lowest BCUT2D eigenvalue weighted by Gasteiger charge is -2.20. The Labute approximate surface area is 295 Å². The summed E-state index contributed by atoms with van der Waals surface area (Å²) in [5.41, 5.74) is 0. The van der Waals surface area contributed by atoms with Gasteiger partial charge in [0.05, 0.1) is 18.8 Å². The molecule has 280 valence electrons. The van der Waals surface area contributed by atoms with E-state index in [1.807, 2.05) is 6.08 Å². The highest BCUT2D eigenvalue weighted by Gasteiger charge is 2.17. The first kappa shape index (κ1) is 46.1. The third kappa shape index (κ3) is 34.8. The van der Waals surface area contributed by atoms with Gasteiger partial charge in [-0.05, 0) is 25.2 Å². The Hall–Kier alpha value is -0.870. The van der Waals surface area contributed by atoms with Crippen LogP contribution in [0.15, 0.2) is 12.2 Å². The molecular formula is C43H85NO3. The number of carbonyl (C=O) groups excluding carboxylic acids is 1. The van der Waals surface area contributed by atoms with E-state index in [0.717, 1.165) is 31.6 Å². The molecule has 0 aliphatic carbocycles. The topological polar surface area (TPSA) is 69.6 Å². The van der Waals surface area contributed by atoms with Gasteiger partial charge in [-0.3, -0.25) is 4.79 Å². The molecule has 4 nitrogen and oxygen atoms in total. The van der Waals surface area contributed by atoms with E-state index in [-0.39, 0.29) is 12.5 Å². The highest BCUT2D eigenvalue weighted by molar-refractivity contribution is 5.76. The average Bonchev–Trinajstić information content (AvgIpc) is 3.08. The molecule has 3 unspecified atom stereocenters. The summed E-state index contributed by atoms with van der Waals surface area (Å²) in [6, 6.07) is -0.617. The summed E-state index contributed by atoms with van der Waals surface area (Å²) in [6.07, 6.45) is 46.0. The van der Waals surface area contributed by atoms with Crippen LogP contribution < -0.4 is 5.32 Å². The van der Waals surface area contributed by atoms with Crippen molar-refractivity contribution >= 4 is 5.91 Å². The molecular weight excluding hydrogens is 578 g/mol. The molecule has 3 N–H and O–H groups in total. The molecule has 0 saturated carbocycles. The molecule has 1 amide bonds. The first-order valence-corrected chi connectivity index (χ1v) is 21.3. The van der Waals surface area contributed by atoms with Crippen LogP contribution in [0, 0.1) is 5.92 Å². The zero-order valence-electron chi connectivity index (χ0n) is 32.2. The van der Waals surface area contributed by atoms with Gasteiger partial charge in [0.25, 0.3) is 0 Å². The maximum atomic E-state index is 12.4. The monoisotopic (exact) mass is 664 g/mol. The number of unbranched alkanes of at least 4 members (excludes halogenated alkanes) is 28. The number of aliphatic hydroxyl groups excluding tert-OH is 2. The Morgan fingerprint density at radius 1 is 0.574 bits per heavy atom. The molecule has 0 aromatic rings. The first-order chi connectivity index (χ1) is 23.0. The summed E-state index contributed by atoms with van der Waals surface area (Å²) in [5.74, 6) is 0.801. The predicted octanol–water partition coefficient (Wildman–Crippen LogP) is 12.9. The molecule has 0 bridgehead atoms. The van der Waals surface area contributed by atoms with E-state index in [4.69, 9.17) is 0 Å². The van der Waals surface area contributed by atoms with Crippen LogP contribution in [0.3, 0.4) is 0 Å². The van der Waals surface area contributed by atoms with Crippen molar-refractivity contribution in [3.8, 4) is 0 Å². The van der Waals surface area contributed by atoms with Gasteiger partial charge in [0.2, 0.25) is 5.91 Å². The van der Waals surface area contributed by atoms with Crippen molar-refractivity contribution in [2.75, 3.05) is 6.61 Å². The molecule has 0 aromatic carbocycles. The molecule has 0 heterocycles. The Bertz CT molecular complexity index is 651. The van der Waals surface area contributed by atoms with Gasteiger partial charge in [-0.15, -0.1) is 0 Å². The predicted molar refractivity (Wildman–Crippen MR) is 207 cm³/mol. The summed E-state index contributed by atoms with van der Waals surface area (Å²) in [7, 11) is 0. The van der Waals surface area contributed by atoms with Crippen molar-refractivity contribution < 1.29 is 15.0 Å². The van der Waals surface area contributed by atoms with E-state index in [0.29, 0.717) is 6.42 Å². The van der Waals surface area contributed by atoms with Crippen LogP contribution in [-0.4, -0.2) is 34.9 Å². The van der Waals surface area contributed by atoms with Crippen LogP contribution in [0.4, 0.5) is 0 Å². The van der Waals surface area contributed by atoms with Crippen molar-refractivity contribution in [3.05, 3.63) is 12.2 Å². The second-order valence-electron chi connectivity index (χ2n) is 15.0. The van der Waals surface area contributed by atoms with Gasteiger partial charge in [0.1, 0.15) is 0 Å². The molecule has 0 rings (SSSR count). The fourth-order valence-corrected chi connectivity index (χ4v) is 6.63. The van der Waals surface area contributed by atoms with Crippen molar-refractivity contribution in [2.45, 2.75) is 245 Å². The second-order valence-corrected chi connectivity index (χ2v) is 15.0. The largest absolute Gasteiger partial charge is 0.394 e. The van der Waals surface area contributed by atoms with E-state index in [9.17, 15) is 15.0 Å². The standard InChI is InChI=1S/C43H85NO3/c1-4-6-7-8-9-10-11-12-13-14-15-16-17-18-19-20-21-22-23-24-29-32-35-38-43(47)44-41(39-45)42(46)37-34-31-28-26-25-27-30-33-36-40(3)5-2/h34,37,40-42,45-46H,4-33,35-36,38-39H2,1-3H3,(H,44,47). The van der Waals surface area contributed by atoms with Crippen molar-refractivity contribution in [1.82, 2.24) is 5.32 Å². The van der Waals surface area contributed by atoms with Crippen molar-refractivity contribution in [3.63, 3.8) is 0 Å². The number of hydrogen-bond acceptors (Lipinski definition) is 3. The smallest absolute Gasteiger partial charge is 0.220 e. The molecule has 0 spiro atoms. The normalized spacial score (nSPS) is 13.7. The minimum atomic E-state index is -0.834. The average molecular weight is 664 g/mol. The van der Waals surface area contributed by atoms with Crippen LogP contribution in [0.25, 0.3) is 0 Å². The van der Waals surface area contributed by atoms with E-state index in [1.54, 1.807) is 6.08 Å². The Morgan fingerprint density at radius 3 is 1.36 bits per heavy atom. The van der Waals surface area contributed by atoms with Crippen LogP contribution in [0.5, 0.6) is 0 Å². The van der Waals surface area contributed by atoms with E-state index in [2.05, 4.69) is 26.1 Å². The second kappa shape index (κ2) is 37.9. The van der Waals surface area contributed by atoms with Gasteiger partial charge in [-0.1, -0.05) is 219 Å². The minimum absolute atomic E-state index is 0.0617. The summed E-state index contributed by atoms with van der Waals surface area (Å²) in [6.45, 7) is 6.67. The number of rotatable bonds is 38. The number of amides is 1. The number of allylic oxidation sites excluding steroid dienone is 1. The molecule has 3 atom stereocenters. The number of nitrogens with one attached hydrogen (secondary N) is 1. The zero-order chi connectivity index (χ0) is 34.5. The van der Waals surface area contributed by atoms with Gasteiger partial charge in [0.15, 0.2) is 0 Å². The molecule has 0 saturated heterocycles. The summed E-state index contributed by atoms with van der Waals surface area (Å²) >= 11 is 0. The molecule has 0 fully saturated rings. The highest BCUT2D eigenvalue weighted by Crippen LogP contribution is 2.17. The van der Waals surface area contributed by atoms with Crippen LogP contribution in [-0.2, 0) is 4.79 Å².